The number of benzene rings is 1. The summed E-state index contributed by atoms with van der Waals surface area (Å²) in [5.41, 5.74) is 1.50. The molecular weight excluding hydrogens is 384 g/mol. The zero-order valence-electron chi connectivity index (χ0n) is 14.1. The maximum atomic E-state index is 12.2. The second-order valence-electron chi connectivity index (χ2n) is 5.81. The van der Waals surface area contributed by atoms with Crippen molar-refractivity contribution in [3.63, 3.8) is 0 Å². The normalized spacial score (nSPS) is 10.9. The molecule has 0 fully saturated rings. The van der Waals surface area contributed by atoms with Gasteiger partial charge in [0.1, 0.15) is 12.2 Å². The highest BCUT2D eigenvalue weighted by atomic mass is 35.5. The number of hydrogen-bond donors (Lipinski definition) is 1. The van der Waals surface area contributed by atoms with Crippen LogP contribution in [-0.2, 0) is 17.9 Å². The fourth-order valence-electron chi connectivity index (χ4n) is 2.60. The van der Waals surface area contributed by atoms with Crippen molar-refractivity contribution in [2.24, 2.45) is 0 Å². The summed E-state index contributed by atoms with van der Waals surface area (Å²) in [7, 11) is 0. The van der Waals surface area contributed by atoms with Crippen LogP contribution in [-0.4, -0.2) is 20.6 Å². The number of nitrogens with one attached hydrogen (secondary N) is 1. The van der Waals surface area contributed by atoms with Crippen molar-refractivity contribution in [2.75, 3.05) is 0 Å². The third kappa shape index (κ3) is 4.10. The van der Waals surface area contributed by atoms with Crippen LogP contribution in [0.25, 0.3) is 23.0 Å². The minimum Gasteiger partial charge on any atom is -0.350 e. The molecule has 3 heterocycles. The van der Waals surface area contributed by atoms with Crippen LogP contribution in [0.5, 0.6) is 0 Å². The molecule has 0 aliphatic heterocycles. The molecule has 1 amide bonds. The van der Waals surface area contributed by atoms with E-state index in [1.54, 1.807) is 28.0 Å². The van der Waals surface area contributed by atoms with Crippen LogP contribution >= 0.6 is 22.9 Å². The van der Waals surface area contributed by atoms with Gasteiger partial charge in [0.2, 0.25) is 11.7 Å². The maximum absolute atomic E-state index is 12.2. The molecule has 136 valence electrons. The third-order valence-corrected chi connectivity index (χ3v) is 5.06. The van der Waals surface area contributed by atoms with Crippen LogP contribution in [0, 0.1) is 0 Å². The molecule has 1 aromatic carbocycles. The number of amides is 1. The average Bonchev–Trinajstić information content (AvgIpc) is 3.42. The van der Waals surface area contributed by atoms with Crippen molar-refractivity contribution >= 4 is 28.8 Å². The summed E-state index contributed by atoms with van der Waals surface area (Å²) in [5, 5.41) is 9.56. The van der Waals surface area contributed by atoms with Gasteiger partial charge < -0.3 is 14.4 Å². The van der Waals surface area contributed by atoms with Crippen molar-refractivity contribution in [1.29, 1.82) is 0 Å². The predicted molar refractivity (Wildman–Crippen MR) is 104 cm³/mol. The molecule has 4 rings (SSSR count). The molecule has 4 aromatic rings. The zero-order chi connectivity index (χ0) is 18.6. The summed E-state index contributed by atoms with van der Waals surface area (Å²) in [5.74, 6) is 0.742. The van der Waals surface area contributed by atoms with Gasteiger partial charge in [-0.1, -0.05) is 22.8 Å². The molecule has 0 unspecified atom stereocenters. The van der Waals surface area contributed by atoms with E-state index in [-0.39, 0.29) is 12.5 Å². The highest BCUT2D eigenvalue weighted by molar-refractivity contribution is 7.09. The predicted octanol–water partition coefficient (Wildman–Crippen LogP) is 4.24. The first-order valence-electron chi connectivity index (χ1n) is 8.23. The number of rotatable bonds is 6. The van der Waals surface area contributed by atoms with E-state index in [0.29, 0.717) is 29.0 Å². The van der Waals surface area contributed by atoms with Gasteiger partial charge in [-0.15, -0.1) is 11.3 Å². The Kier molecular flexibility index (Phi) is 5.04. The van der Waals surface area contributed by atoms with Crippen LogP contribution in [0.2, 0.25) is 5.02 Å². The first-order valence-corrected chi connectivity index (χ1v) is 9.49. The minimum atomic E-state index is -0.0849. The molecular formula is C19H15ClN4O2S. The molecule has 1 N–H and O–H groups in total. The molecule has 0 saturated carbocycles. The van der Waals surface area contributed by atoms with Gasteiger partial charge >= 0.3 is 0 Å². The third-order valence-electron chi connectivity index (χ3n) is 3.93. The van der Waals surface area contributed by atoms with Crippen molar-refractivity contribution < 1.29 is 9.32 Å². The molecule has 0 aliphatic carbocycles. The fraction of sp³-hybridized carbons (Fsp3) is 0.105. The van der Waals surface area contributed by atoms with E-state index >= 15 is 0 Å². The first kappa shape index (κ1) is 17.5. The summed E-state index contributed by atoms with van der Waals surface area (Å²) in [6.45, 7) is 0.695. The number of carbonyl (C=O) groups excluding carboxylic acids is 1. The summed E-state index contributed by atoms with van der Waals surface area (Å²) in [4.78, 5) is 17.8. The summed E-state index contributed by atoms with van der Waals surface area (Å²) < 4.78 is 7.17. The topological polar surface area (TPSA) is 73.0 Å². The Morgan fingerprint density at radius 1 is 1.19 bits per heavy atom. The van der Waals surface area contributed by atoms with Crippen LogP contribution in [0.15, 0.2) is 64.6 Å². The van der Waals surface area contributed by atoms with E-state index in [9.17, 15) is 4.79 Å². The largest absolute Gasteiger partial charge is 0.350 e. The molecule has 6 nitrogen and oxygen atoms in total. The standard InChI is InChI=1S/C19H15ClN4O2S/c20-14-7-5-13(6-8-14)18-22-19(26-23-18)16-4-1-9-24(16)12-17(25)21-11-15-3-2-10-27-15/h1-10H,11-12H2,(H,21,25). The van der Waals surface area contributed by atoms with Gasteiger partial charge in [-0.05, 0) is 47.8 Å². The van der Waals surface area contributed by atoms with Crippen LogP contribution in [0.3, 0.4) is 0 Å². The van der Waals surface area contributed by atoms with Gasteiger partial charge in [-0.25, -0.2) is 0 Å². The number of thiophene rings is 1. The highest BCUT2D eigenvalue weighted by Crippen LogP contribution is 2.23. The Bertz CT molecular complexity index is 1040. The van der Waals surface area contributed by atoms with Gasteiger partial charge in [-0.2, -0.15) is 4.98 Å². The van der Waals surface area contributed by atoms with Crippen LogP contribution in [0.1, 0.15) is 4.88 Å². The minimum absolute atomic E-state index is 0.0849. The Morgan fingerprint density at radius 3 is 2.81 bits per heavy atom. The summed E-state index contributed by atoms with van der Waals surface area (Å²) in [6, 6.07) is 14.8. The lowest BCUT2D eigenvalue weighted by Crippen LogP contribution is -2.26. The van der Waals surface area contributed by atoms with Gasteiger partial charge in [0.25, 0.3) is 5.89 Å². The Balaban J connectivity index is 1.47. The molecule has 0 aliphatic rings. The molecule has 0 saturated heterocycles. The van der Waals surface area contributed by atoms with Crippen LogP contribution < -0.4 is 5.32 Å². The zero-order valence-corrected chi connectivity index (χ0v) is 15.7. The number of nitrogens with zero attached hydrogens (tertiary/aromatic N) is 3. The second-order valence-corrected chi connectivity index (χ2v) is 7.28. The first-order chi connectivity index (χ1) is 13.2. The van der Waals surface area contributed by atoms with Crippen LogP contribution in [0.4, 0.5) is 0 Å². The quantitative estimate of drug-likeness (QED) is 0.527. The van der Waals surface area contributed by atoms with Gasteiger partial charge in [0.05, 0.1) is 6.54 Å². The van der Waals surface area contributed by atoms with Gasteiger partial charge in [-0.3, -0.25) is 4.79 Å². The molecule has 0 radical (unpaired) electrons. The molecule has 8 heteroatoms. The molecule has 27 heavy (non-hydrogen) atoms. The molecule has 0 atom stereocenters. The lowest BCUT2D eigenvalue weighted by Gasteiger charge is -2.07. The summed E-state index contributed by atoms with van der Waals surface area (Å²) in [6.07, 6.45) is 1.81. The molecule has 3 aromatic heterocycles. The Labute approximate surface area is 164 Å². The monoisotopic (exact) mass is 398 g/mol. The van der Waals surface area contributed by atoms with Crippen molar-refractivity contribution in [1.82, 2.24) is 20.0 Å². The van der Waals surface area contributed by atoms with E-state index < -0.39 is 0 Å². The van der Waals surface area contributed by atoms with Crippen molar-refractivity contribution in [3.05, 3.63) is 70.0 Å². The van der Waals surface area contributed by atoms with Gasteiger partial charge in [0, 0.05) is 21.7 Å². The smallest absolute Gasteiger partial charge is 0.274 e. The van der Waals surface area contributed by atoms with E-state index in [0.717, 1.165) is 10.4 Å². The molecule has 0 bridgehead atoms. The van der Waals surface area contributed by atoms with Crippen molar-refractivity contribution in [3.8, 4) is 23.0 Å². The maximum Gasteiger partial charge on any atom is 0.274 e. The summed E-state index contributed by atoms with van der Waals surface area (Å²) >= 11 is 7.52. The van der Waals surface area contributed by atoms with E-state index in [1.165, 1.54) is 0 Å². The lowest BCUT2D eigenvalue weighted by atomic mass is 10.2. The number of halogens is 1. The highest BCUT2D eigenvalue weighted by Gasteiger charge is 2.15. The van der Waals surface area contributed by atoms with E-state index in [2.05, 4.69) is 15.5 Å². The van der Waals surface area contributed by atoms with E-state index in [4.69, 9.17) is 16.1 Å². The molecule has 0 spiro atoms. The van der Waals surface area contributed by atoms with Gasteiger partial charge in [0.15, 0.2) is 0 Å². The average molecular weight is 399 g/mol. The Morgan fingerprint density at radius 2 is 2.04 bits per heavy atom. The Hall–Kier alpha value is -2.90. The second kappa shape index (κ2) is 7.77. The number of aromatic nitrogens is 3. The van der Waals surface area contributed by atoms with E-state index in [1.807, 2.05) is 48.0 Å². The lowest BCUT2D eigenvalue weighted by molar-refractivity contribution is -0.121. The SMILES string of the molecule is O=C(Cn1cccc1-c1nc(-c2ccc(Cl)cc2)no1)NCc1cccs1. The fourth-order valence-corrected chi connectivity index (χ4v) is 3.37. The number of hydrogen-bond acceptors (Lipinski definition) is 5. The number of carbonyl (C=O) groups is 1. The van der Waals surface area contributed by atoms with Crippen molar-refractivity contribution in [2.45, 2.75) is 13.1 Å².